The Bertz CT molecular complexity index is 571. The molecule has 1 atom stereocenters. The summed E-state index contributed by atoms with van der Waals surface area (Å²) in [6.45, 7) is 5.16. The molecule has 0 aromatic heterocycles. The van der Waals surface area contributed by atoms with E-state index in [1.807, 2.05) is 30.3 Å². The van der Waals surface area contributed by atoms with Crippen molar-refractivity contribution in [2.75, 3.05) is 53.4 Å². The average molecular weight is 362 g/mol. The number of rotatable bonds is 8. The van der Waals surface area contributed by atoms with Crippen molar-refractivity contribution in [2.45, 2.75) is 18.9 Å². The number of hydrogen-bond donors (Lipinski definition) is 2. The number of carbonyl (C=O) groups is 2. The third-order valence-electron chi connectivity index (χ3n) is 4.62. The predicted octanol–water partition coefficient (Wildman–Crippen LogP) is 1.48. The van der Waals surface area contributed by atoms with Crippen LogP contribution in [0.1, 0.15) is 24.4 Å². The number of nitrogens with zero attached hydrogens (tertiary/aromatic N) is 3. The Balaban J connectivity index is 1.83. The van der Waals surface area contributed by atoms with E-state index in [1.54, 1.807) is 4.90 Å². The summed E-state index contributed by atoms with van der Waals surface area (Å²) in [6, 6.07) is 8.56. The maximum Gasteiger partial charge on any atom is 0.317 e. The van der Waals surface area contributed by atoms with E-state index in [1.165, 1.54) is 0 Å². The number of hydrogen-bond acceptors (Lipinski definition) is 4. The van der Waals surface area contributed by atoms with Crippen LogP contribution in [0.3, 0.4) is 0 Å². The van der Waals surface area contributed by atoms with Gasteiger partial charge in [0.2, 0.25) is 0 Å². The van der Waals surface area contributed by atoms with E-state index < -0.39 is 12.0 Å². The van der Waals surface area contributed by atoms with Gasteiger partial charge in [0.05, 0.1) is 12.5 Å². The highest BCUT2D eigenvalue weighted by Crippen LogP contribution is 2.17. The molecule has 1 fully saturated rings. The normalized spacial score (nSPS) is 16.5. The molecule has 0 spiro atoms. The molecule has 0 aliphatic carbocycles. The Morgan fingerprint density at radius 3 is 2.38 bits per heavy atom. The fraction of sp³-hybridized carbons (Fsp3) is 0.579. The van der Waals surface area contributed by atoms with Gasteiger partial charge in [-0.05, 0) is 39.2 Å². The van der Waals surface area contributed by atoms with Crippen LogP contribution in [0.2, 0.25) is 0 Å². The third kappa shape index (κ3) is 6.65. The van der Waals surface area contributed by atoms with Crippen molar-refractivity contribution in [2.24, 2.45) is 0 Å². The zero-order chi connectivity index (χ0) is 18.9. The largest absolute Gasteiger partial charge is 0.481 e. The van der Waals surface area contributed by atoms with Crippen molar-refractivity contribution in [1.82, 2.24) is 20.0 Å². The van der Waals surface area contributed by atoms with Crippen LogP contribution in [0.5, 0.6) is 0 Å². The molecule has 0 radical (unpaired) electrons. The molecule has 144 valence electrons. The molecule has 0 bridgehead atoms. The van der Waals surface area contributed by atoms with E-state index in [2.05, 4.69) is 29.2 Å². The first-order valence-electron chi connectivity index (χ1n) is 9.15. The van der Waals surface area contributed by atoms with Crippen molar-refractivity contribution in [3.05, 3.63) is 35.9 Å². The smallest absolute Gasteiger partial charge is 0.317 e. The van der Waals surface area contributed by atoms with E-state index >= 15 is 0 Å². The molecule has 1 aromatic carbocycles. The van der Waals surface area contributed by atoms with Gasteiger partial charge in [-0.1, -0.05) is 30.3 Å². The van der Waals surface area contributed by atoms with E-state index in [9.17, 15) is 9.59 Å². The Morgan fingerprint density at radius 1 is 1.15 bits per heavy atom. The predicted molar refractivity (Wildman–Crippen MR) is 101 cm³/mol. The van der Waals surface area contributed by atoms with Crippen molar-refractivity contribution >= 4 is 12.0 Å². The molecule has 1 aliphatic rings. The molecule has 26 heavy (non-hydrogen) atoms. The lowest BCUT2D eigenvalue weighted by atomic mass is 10.0. The first-order chi connectivity index (χ1) is 12.5. The Kier molecular flexibility index (Phi) is 7.87. The van der Waals surface area contributed by atoms with Gasteiger partial charge in [-0.25, -0.2) is 4.79 Å². The fourth-order valence-corrected chi connectivity index (χ4v) is 3.14. The second-order valence-electron chi connectivity index (χ2n) is 7.00. The van der Waals surface area contributed by atoms with Crippen LogP contribution in [0.25, 0.3) is 0 Å². The van der Waals surface area contributed by atoms with E-state index in [0.29, 0.717) is 13.1 Å². The summed E-state index contributed by atoms with van der Waals surface area (Å²) in [5.41, 5.74) is 0.811. The van der Waals surface area contributed by atoms with Gasteiger partial charge in [-0.2, -0.15) is 0 Å². The maximum absolute atomic E-state index is 12.6. The molecule has 7 nitrogen and oxygen atoms in total. The van der Waals surface area contributed by atoms with Crippen molar-refractivity contribution < 1.29 is 14.7 Å². The quantitative estimate of drug-likeness (QED) is 0.733. The summed E-state index contributed by atoms with van der Waals surface area (Å²) in [6.07, 6.45) is 0.994. The number of aliphatic carboxylic acids is 1. The van der Waals surface area contributed by atoms with Gasteiger partial charge in [0.25, 0.3) is 0 Å². The minimum Gasteiger partial charge on any atom is -0.481 e. The Hall–Kier alpha value is -2.12. The second kappa shape index (κ2) is 10.1. The van der Waals surface area contributed by atoms with Gasteiger partial charge in [0.15, 0.2) is 0 Å². The highest BCUT2D eigenvalue weighted by atomic mass is 16.4. The summed E-state index contributed by atoms with van der Waals surface area (Å²) < 4.78 is 0. The van der Waals surface area contributed by atoms with E-state index in [-0.39, 0.29) is 12.5 Å². The van der Waals surface area contributed by atoms with Gasteiger partial charge in [-0.15, -0.1) is 0 Å². The van der Waals surface area contributed by atoms with Crippen LogP contribution in [-0.2, 0) is 4.79 Å². The van der Waals surface area contributed by atoms with Crippen molar-refractivity contribution in [3.8, 4) is 0 Å². The number of nitrogens with one attached hydrogen (secondary N) is 1. The topological polar surface area (TPSA) is 76.1 Å². The van der Waals surface area contributed by atoms with Crippen LogP contribution in [-0.4, -0.2) is 85.2 Å². The van der Waals surface area contributed by atoms with Gasteiger partial charge in [0, 0.05) is 26.2 Å². The Labute approximate surface area is 155 Å². The molecule has 7 heteroatoms. The highest BCUT2D eigenvalue weighted by molar-refractivity contribution is 5.76. The summed E-state index contributed by atoms with van der Waals surface area (Å²) in [5.74, 6) is -0.926. The third-order valence-corrected chi connectivity index (χ3v) is 4.62. The minimum atomic E-state index is -0.926. The minimum absolute atomic E-state index is 0.125. The molecular formula is C19H30N4O3. The molecule has 1 aromatic rings. The lowest BCUT2D eigenvalue weighted by molar-refractivity contribution is -0.137. The van der Waals surface area contributed by atoms with Gasteiger partial charge >= 0.3 is 12.0 Å². The van der Waals surface area contributed by atoms with E-state index in [4.69, 9.17) is 5.11 Å². The standard InChI is InChI=1S/C19H30N4O3/c1-21(2)9-6-10-22-11-13-23(14-12-22)19(26)20-17(15-18(24)25)16-7-4-3-5-8-16/h3-5,7-8,17H,6,9-15H2,1-2H3,(H,20,26)(H,24,25)/t17-/m0/s1. The molecule has 0 saturated carbocycles. The Morgan fingerprint density at radius 2 is 1.81 bits per heavy atom. The summed E-state index contributed by atoms with van der Waals surface area (Å²) in [5, 5.41) is 12.0. The van der Waals surface area contributed by atoms with Gasteiger partial charge in [0.1, 0.15) is 0 Å². The zero-order valence-electron chi connectivity index (χ0n) is 15.7. The molecule has 2 N–H and O–H groups in total. The number of carboxylic acid groups (broad SMARTS) is 1. The summed E-state index contributed by atoms with van der Waals surface area (Å²) in [4.78, 5) is 30.1. The fourth-order valence-electron chi connectivity index (χ4n) is 3.14. The molecule has 1 aliphatic heterocycles. The first-order valence-corrected chi connectivity index (χ1v) is 9.15. The first kappa shape index (κ1) is 20.2. The molecule has 1 saturated heterocycles. The van der Waals surface area contributed by atoms with Crippen LogP contribution >= 0.6 is 0 Å². The highest BCUT2D eigenvalue weighted by Gasteiger charge is 2.24. The van der Waals surface area contributed by atoms with Crippen LogP contribution in [0, 0.1) is 0 Å². The molecule has 0 unspecified atom stereocenters. The molecule has 2 rings (SSSR count). The average Bonchev–Trinajstić information content (AvgIpc) is 2.62. The molecule has 1 heterocycles. The second-order valence-corrected chi connectivity index (χ2v) is 7.00. The van der Waals surface area contributed by atoms with E-state index in [0.717, 1.165) is 38.2 Å². The lowest BCUT2D eigenvalue weighted by Crippen LogP contribution is -2.52. The number of carboxylic acids is 1. The van der Waals surface area contributed by atoms with Crippen molar-refractivity contribution in [3.63, 3.8) is 0 Å². The van der Waals surface area contributed by atoms with Crippen molar-refractivity contribution in [1.29, 1.82) is 0 Å². The SMILES string of the molecule is CN(C)CCCN1CCN(C(=O)N[C@@H](CC(=O)O)c2ccccc2)CC1. The summed E-state index contributed by atoms with van der Waals surface area (Å²) >= 11 is 0. The number of carbonyl (C=O) groups excluding carboxylic acids is 1. The van der Waals surface area contributed by atoms with Gasteiger partial charge < -0.3 is 20.2 Å². The number of benzene rings is 1. The number of urea groups is 1. The molecular weight excluding hydrogens is 332 g/mol. The van der Waals surface area contributed by atoms with Gasteiger partial charge in [-0.3, -0.25) is 9.69 Å². The van der Waals surface area contributed by atoms with Crippen LogP contribution in [0.4, 0.5) is 4.79 Å². The maximum atomic E-state index is 12.6. The lowest BCUT2D eigenvalue weighted by Gasteiger charge is -2.35. The zero-order valence-corrected chi connectivity index (χ0v) is 15.7. The monoisotopic (exact) mass is 362 g/mol. The van der Waals surface area contributed by atoms with Crippen LogP contribution < -0.4 is 5.32 Å². The number of amides is 2. The molecule has 2 amide bonds. The summed E-state index contributed by atoms with van der Waals surface area (Å²) in [7, 11) is 4.14. The number of piperazine rings is 1. The van der Waals surface area contributed by atoms with Crippen LogP contribution in [0.15, 0.2) is 30.3 Å².